The lowest BCUT2D eigenvalue weighted by atomic mass is 10.0. The van der Waals surface area contributed by atoms with Crippen molar-refractivity contribution >= 4 is 11.7 Å². The van der Waals surface area contributed by atoms with Gasteiger partial charge in [-0.25, -0.2) is 4.79 Å². The summed E-state index contributed by atoms with van der Waals surface area (Å²) in [6.45, 7) is 7.06. The zero-order valence-corrected chi connectivity index (χ0v) is 26.0. The van der Waals surface area contributed by atoms with Crippen LogP contribution in [0.15, 0.2) is 89.1 Å². The van der Waals surface area contributed by atoms with Gasteiger partial charge >= 0.3 is 5.97 Å². The van der Waals surface area contributed by atoms with E-state index < -0.39 is 0 Å². The third kappa shape index (κ3) is 12.2. The molecule has 2 atom stereocenters. The van der Waals surface area contributed by atoms with Crippen molar-refractivity contribution in [1.29, 1.82) is 0 Å². The molecule has 0 saturated heterocycles. The van der Waals surface area contributed by atoms with Gasteiger partial charge < -0.3 is 9.47 Å². The van der Waals surface area contributed by atoms with E-state index in [0.29, 0.717) is 18.6 Å². The second-order valence-corrected chi connectivity index (χ2v) is 11.2. The van der Waals surface area contributed by atoms with Crippen molar-refractivity contribution in [2.24, 2.45) is 10.2 Å². The lowest BCUT2D eigenvalue weighted by Gasteiger charge is -2.18. The second kappa shape index (κ2) is 19.6. The highest BCUT2D eigenvalue weighted by atomic mass is 16.5. The molecule has 226 valence electrons. The van der Waals surface area contributed by atoms with Crippen LogP contribution in [0.25, 0.3) is 11.1 Å². The maximum atomic E-state index is 12.5. The van der Waals surface area contributed by atoms with Crippen molar-refractivity contribution < 1.29 is 14.3 Å². The average Bonchev–Trinajstić information content (AvgIpc) is 3.02. The minimum Gasteiger partial charge on any atom is -0.493 e. The standard InChI is InChI=1S/C37H50N2O3/c1-4-6-8-9-10-11-12-19-27-41-36-29-34(25-26-35(36)31-20-15-13-16-21-31)39-38-33(24-7-5-2)28-30(3)42-37(40)32-22-17-14-18-23-32/h13-18,20-23,25-26,29-30,33H,4-12,19,24,27-28H2,1-3H3/t30-,33-/m0/s1. The molecule has 5 nitrogen and oxygen atoms in total. The Kier molecular flexibility index (Phi) is 15.4. The van der Waals surface area contributed by atoms with Crippen LogP contribution in [0.2, 0.25) is 0 Å². The Morgan fingerprint density at radius 3 is 2.10 bits per heavy atom. The first-order valence-electron chi connectivity index (χ1n) is 16.1. The molecule has 3 aromatic rings. The Hall–Kier alpha value is -3.47. The van der Waals surface area contributed by atoms with E-state index in [4.69, 9.17) is 14.6 Å². The lowest BCUT2D eigenvalue weighted by Crippen LogP contribution is -2.20. The van der Waals surface area contributed by atoms with Crippen LogP contribution in [0.4, 0.5) is 5.69 Å². The summed E-state index contributed by atoms with van der Waals surface area (Å²) in [4.78, 5) is 12.5. The van der Waals surface area contributed by atoms with Crippen molar-refractivity contribution in [1.82, 2.24) is 0 Å². The molecule has 0 aliphatic carbocycles. The fraction of sp³-hybridized carbons (Fsp3) is 0.486. The van der Waals surface area contributed by atoms with Gasteiger partial charge in [-0.2, -0.15) is 10.2 Å². The summed E-state index contributed by atoms with van der Waals surface area (Å²) in [6.07, 6.45) is 13.5. The fourth-order valence-corrected chi connectivity index (χ4v) is 5.03. The van der Waals surface area contributed by atoms with Gasteiger partial charge in [0, 0.05) is 18.1 Å². The van der Waals surface area contributed by atoms with Crippen LogP contribution in [0.1, 0.15) is 108 Å². The first kappa shape index (κ1) is 33.0. The summed E-state index contributed by atoms with van der Waals surface area (Å²) in [6, 6.07) is 25.5. The van der Waals surface area contributed by atoms with E-state index >= 15 is 0 Å². The van der Waals surface area contributed by atoms with Crippen LogP contribution in [0.5, 0.6) is 5.75 Å². The van der Waals surface area contributed by atoms with E-state index in [1.54, 1.807) is 12.1 Å². The molecular formula is C37H50N2O3. The fourth-order valence-electron chi connectivity index (χ4n) is 5.03. The van der Waals surface area contributed by atoms with Crippen LogP contribution >= 0.6 is 0 Å². The summed E-state index contributed by atoms with van der Waals surface area (Å²) in [5.74, 6) is 0.542. The molecule has 0 bridgehead atoms. The third-order valence-corrected chi connectivity index (χ3v) is 7.45. The third-order valence-electron chi connectivity index (χ3n) is 7.45. The molecule has 0 N–H and O–H groups in total. The van der Waals surface area contributed by atoms with Crippen LogP contribution in [0.3, 0.4) is 0 Å². The molecule has 0 radical (unpaired) electrons. The van der Waals surface area contributed by atoms with Crippen molar-refractivity contribution in [2.75, 3.05) is 6.61 Å². The molecule has 0 unspecified atom stereocenters. The number of unbranched alkanes of at least 4 members (excludes halogenated alkanes) is 8. The highest BCUT2D eigenvalue weighted by Gasteiger charge is 2.17. The van der Waals surface area contributed by atoms with Crippen molar-refractivity contribution in [2.45, 2.75) is 110 Å². The first-order chi connectivity index (χ1) is 20.6. The van der Waals surface area contributed by atoms with E-state index in [0.717, 1.165) is 48.2 Å². The van der Waals surface area contributed by atoms with Gasteiger partial charge in [-0.3, -0.25) is 0 Å². The minimum absolute atomic E-state index is 0.0287. The van der Waals surface area contributed by atoms with Gasteiger partial charge in [0.25, 0.3) is 0 Å². The molecule has 0 aliphatic heterocycles. The number of hydrogen-bond acceptors (Lipinski definition) is 5. The van der Waals surface area contributed by atoms with Gasteiger partial charge in [0.05, 0.1) is 23.9 Å². The largest absolute Gasteiger partial charge is 0.493 e. The molecular weight excluding hydrogens is 520 g/mol. The maximum Gasteiger partial charge on any atom is 0.338 e. The normalized spacial score (nSPS) is 12.7. The minimum atomic E-state index is -0.302. The Morgan fingerprint density at radius 1 is 0.762 bits per heavy atom. The number of nitrogens with zero attached hydrogens (tertiary/aromatic N) is 2. The number of carbonyl (C=O) groups is 1. The van der Waals surface area contributed by atoms with Crippen molar-refractivity contribution in [3.05, 3.63) is 84.4 Å². The van der Waals surface area contributed by atoms with Crippen LogP contribution in [0, 0.1) is 0 Å². The first-order valence-corrected chi connectivity index (χ1v) is 16.1. The van der Waals surface area contributed by atoms with Crippen LogP contribution in [-0.2, 0) is 4.74 Å². The molecule has 0 fully saturated rings. The molecule has 3 rings (SSSR count). The van der Waals surface area contributed by atoms with E-state index in [-0.39, 0.29) is 18.1 Å². The molecule has 0 spiro atoms. The highest BCUT2D eigenvalue weighted by Crippen LogP contribution is 2.34. The smallest absolute Gasteiger partial charge is 0.338 e. The van der Waals surface area contributed by atoms with Gasteiger partial charge in [0.1, 0.15) is 11.9 Å². The average molecular weight is 571 g/mol. The Morgan fingerprint density at radius 2 is 1.40 bits per heavy atom. The topological polar surface area (TPSA) is 60.3 Å². The summed E-state index contributed by atoms with van der Waals surface area (Å²) < 4.78 is 12.1. The van der Waals surface area contributed by atoms with E-state index in [2.05, 4.69) is 49.3 Å². The molecule has 0 saturated carbocycles. The van der Waals surface area contributed by atoms with E-state index in [1.165, 1.54) is 44.9 Å². The number of esters is 1. The Labute approximate surface area is 253 Å². The van der Waals surface area contributed by atoms with Gasteiger partial charge in [0.15, 0.2) is 0 Å². The lowest BCUT2D eigenvalue weighted by molar-refractivity contribution is 0.0308. The summed E-state index contributed by atoms with van der Waals surface area (Å²) in [7, 11) is 0. The number of rotatable bonds is 20. The van der Waals surface area contributed by atoms with Gasteiger partial charge in [-0.05, 0) is 49.6 Å². The molecule has 0 aliphatic rings. The molecule has 0 amide bonds. The second-order valence-electron chi connectivity index (χ2n) is 11.2. The number of azo groups is 1. The van der Waals surface area contributed by atoms with E-state index in [9.17, 15) is 4.79 Å². The molecule has 3 aromatic carbocycles. The zero-order chi connectivity index (χ0) is 29.8. The molecule has 42 heavy (non-hydrogen) atoms. The predicted octanol–water partition coefficient (Wildman–Crippen LogP) is 11.2. The van der Waals surface area contributed by atoms with Crippen LogP contribution < -0.4 is 4.74 Å². The molecule has 0 heterocycles. The SMILES string of the molecule is CCCCCCCCCCOc1cc(N=N[C@@H](CCCC)C[C@H](C)OC(=O)c2ccccc2)ccc1-c1ccccc1. The van der Waals surface area contributed by atoms with Gasteiger partial charge in [0.2, 0.25) is 0 Å². The number of hydrogen-bond donors (Lipinski definition) is 0. The number of benzene rings is 3. The monoisotopic (exact) mass is 570 g/mol. The summed E-state index contributed by atoms with van der Waals surface area (Å²) in [5, 5.41) is 9.37. The quantitative estimate of drug-likeness (QED) is 0.0771. The van der Waals surface area contributed by atoms with Crippen molar-refractivity contribution in [3.63, 3.8) is 0 Å². The number of carbonyl (C=O) groups excluding carboxylic acids is 1. The summed E-state index contributed by atoms with van der Waals surface area (Å²) in [5.41, 5.74) is 3.53. The molecule has 5 heteroatoms. The van der Waals surface area contributed by atoms with Crippen molar-refractivity contribution in [3.8, 4) is 16.9 Å². The Bertz CT molecular complexity index is 1180. The van der Waals surface area contributed by atoms with Gasteiger partial charge in [-0.15, -0.1) is 0 Å². The zero-order valence-electron chi connectivity index (χ0n) is 26.0. The maximum absolute atomic E-state index is 12.5. The molecule has 0 aromatic heterocycles. The Balaban J connectivity index is 1.63. The number of ether oxygens (including phenoxy) is 2. The highest BCUT2D eigenvalue weighted by molar-refractivity contribution is 5.89. The summed E-state index contributed by atoms with van der Waals surface area (Å²) >= 11 is 0. The predicted molar refractivity (Wildman–Crippen MR) is 174 cm³/mol. The van der Waals surface area contributed by atoms with E-state index in [1.807, 2.05) is 43.3 Å². The van der Waals surface area contributed by atoms with Gasteiger partial charge in [-0.1, -0.05) is 120 Å². The van der Waals surface area contributed by atoms with Crippen LogP contribution in [-0.4, -0.2) is 24.7 Å².